The van der Waals surface area contributed by atoms with Crippen molar-refractivity contribution in [1.82, 2.24) is 15.0 Å². The van der Waals surface area contributed by atoms with Gasteiger partial charge >= 0.3 is 0 Å². The molecule has 142 valence electrons. The van der Waals surface area contributed by atoms with Gasteiger partial charge in [0.2, 0.25) is 5.91 Å². The number of carbonyl (C=O) groups is 1. The van der Waals surface area contributed by atoms with Crippen LogP contribution < -0.4 is 0 Å². The zero-order valence-electron chi connectivity index (χ0n) is 16.2. The molecule has 2 aromatic rings. The van der Waals surface area contributed by atoms with Gasteiger partial charge < -0.3 is 0 Å². The normalized spacial score (nSPS) is 11.6. The average molecular weight is 356 g/mol. The number of unbranched alkanes of at least 4 members (excludes halogenated alkanes) is 9. The van der Waals surface area contributed by atoms with E-state index in [1.165, 1.54) is 56.0 Å². The first-order valence-corrected chi connectivity index (χ1v) is 10.3. The van der Waals surface area contributed by atoms with Gasteiger partial charge in [0, 0.05) is 6.42 Å². The maximum atomic E-state index is 12.3. The highest BCUT2D eigenvalue weighted by Gasteiger charge is 2.10. The zero-order valence-corrected chi connectivity index (χ0v) is 16.2. The third kappa shape index (κ3) is 7.11. The molecule has 4 nitrogen and oxygen atoms in total. The first-order chi connectivity index (χ1) is 12.8. The molecule has 0 unspecified atom stereocenters. The van der Waals surface area contributed by atoms with E-state index in [0.29, 0.717) is 6.42 Å². The van der Waals surface area contributed by atoms with Gasteiger partial charge in [-0.05, 0) is 37.8 Å². The van der Waals surface area contributed by atoms with E-state index in [9.17, 15) is 4.79 Å². The van der Waals surface area contributed by atoms with E-state index in [-0.39, 0.29) is 5.91 Å². The molecule has 0 atom stereocenters. The number of para-hydroxylation sites is 1. The lowest BCUT2D eigenvalue weighted by Crippen LogP contribution is -2.11. The van der Waals surface area contributed by atoms with Gasteiger partial charge in [-0.15, -0.1) is 5.10 Å². The summed E-state index contributed by atoms with van der Waals surface area (Å²) in [6.45, 7) is 2.26. The van der Waals surface area contributed by atoms with Crippen molar-refractivity contribution in [3.8, 4) is 0 Å². The van der Waals surface area contributed by atoms with Gasteiger partial charge in [-0.3, -0.25) is 4.79 Å². The highest BCUT2D eigenvalue weighted by atomic mass is 16.2. The lowest BCUT2D eigenvalue weighted by Gasteiger charge is -2.00. The Bertz CT molecular complexity index is 675. The van der Waals surface area contributed by atoms with E-state index in [0.717, 1.165) is 30.3 Å². The van der Waals surface area contributed by atoms with Crippen LogP contribution in [-0.2, 0) is 0 Å². The summed E-state index contributed by atoms with van der Waals surface area (Å²) in [5.74, 6) is 0.0233. The summed E-state index contributed by atoms with van der Waals surface area (Å²) in [7, 11) is 0. The smallest absolute Gasteiger partial charge is 0.248 e. The van der Waals surface area contributed by atoms with E-state index in [4.69, 9.17) is 0 Å². The van der Waals surface area contributed by atoms with E-state index in [2.05, 4.69) is 29.4 Å². The van der Waals surface area contributed by atoms with Gasteiger partial charge in [-0.25, -0.2) is 0 Å². The molecule has 0 saturated carbocycles. The number of aromatic nitrogens is 3. The van der Waals surface area contributed by atoms with Crippen LogP contribution in [0, 0.1) is 0 Å². The molecule has 4 heteroatoms. The maximum Gasteiger partial charge on any atom is 0.248 e. The van der Waals surface area contributed by atoms with Gasteiger partial charge in [-0.1, -0.05) is 81.4 Å². The molecule has 0 radical (unpaired) electrons. The highest BCUT2D eigenvalue weighted by Crippen LogP contribution is 2.12. The molecule has 1 aromatic carbocycles. The number of rotatable bonds is 13. The summed E-state index contributed by atoms with van der Waals surface area (Å²) in [6, 6.07) is 7.57. The lowest BCUT2D eigenvalue weighted by atomic mass is 10.1. The number of carbonyl (C=O) groups excluding carboxylic acids is 1. The van der Waals surface area contributed by atoms with Crippen LogP contribution >= 0.6 is 0 Å². The summed E-state index contributed by atoms with van der Waals surface area (Å²) < 4.78 is 1.43. The highest BCUT2D eigenvalue weighted by molar-refractivity contribution is 5.88. The van der Waals surface area contributed by atoms with Crippen LogP contribution in [0.1, 0.15) is 88.8 Å². The zero-order chi connectivity index (χ0) is 18.5. The van der Waals surface area contributed by atoms with Crippen molar-refractivity contribution in [2.45, 2.75) is 84.0 Å². The molecule has 0 saturated heterocycles. The molecular formula is C22H33N3O. The van der Waals surface area contributed by atoms with Crippen molar-refractivity contribution in [2.24, 2.45) is 0 Å². The minimum absolute atomic E-state index is 0.0233. The molecule has 2 rings (SSSR count). The second-order valence-corrected chi connectivity index (χ2v) is 7.01. The summed E-state index contributed by atoms with van der Waals surface area (Å²) in [4.78, 5) is 12.3. The Balaban J connectivity index is 1.51. The molecule has 0 spiro atoms. The van der Waals surface area contributed by atoms with Crippen LogP contribution in [0.5, 0.6) is 0 Å². The van der Waals surface area contributed by atoms with Crippen LogP contribution in [0.4, 0.5) is 0 Å². The Morgan fingerprint density at radius 3 is 2.35 bits per heavy atom. The predicted molar refractivity (Wildman–Crippen MR) is 108 cm³/mol. The van der Waals surface area contributed by atoms with Gasteiger partial charge in [0.1, 0.15) is 5.52 Å². The van der Waals surface area contributed by atoms with Gasteiger partial charge in [0.15, 0.2) is 0 Å². The fourth-order valence-electron chi connectivity index (χ4n) is 3.16. The maximum absolute atomic E-state index is 12.3. The Hall–Kier alpha value is -1.97. The van der Waals surface area contributed by atoms with Gasteiger partial charge in [-0.2, -0.15) is 4.68 Å². The van der Waals surface area contributed by atoms with Crippen LogP contribution in [0.2, 0.25) is 0 Å². The van der Waals surface area contributed by atoms with Gasteiger partial charge in [0.05, 0.1) is 5.52 Å². The van der Waals surface area contributed by atoms with E-state index >= 15 is 0 Å². The Morgan fingerprint density at radius 2 is 1.58 bits per heavy atom. The van der Waals surface area contributed by atoms with Crippen molar-refractivity contribution in [3.63, 3.8) is 0 Å². The molecule has 0 amide bonds. The number of nitrogens with zero attached hydrogens (tertiary/aromatic N) is 3. The van der Waals surface area contributed by atoms with Crippen molar-refractivity contribution in [2.75, 3.05) is 0 Å². The summed E-state index contributed by atoms with van der Waals surface area (Å²) in [5.41, 5.74) is 1.56. The molecule has 0 bridgehead atoms. The first kappa shape index (κ1) is 20.3. The summed E-state index contributed by atoms with van der Waals surface area (Å²) in [6.07, 6.45) is 18.9. The standard InChI is InChI=1S/C22H33N3O/c1-2-3-4-5-6-7-8-9-10-11-12-13-14-19-22(26)25-21-18-16-15-17-20(21)23-24-25/h11-12,15-18H,2-10,13-14,19H2,1H3/b12-11+. The molecule has 1 aromatic heterocycles. The van der Waals surface area contributed by atoms with Crippen molar-refractivity contribution < 1.29 is 4.79 Å². The number of fused-ring (bicyclic) bond motifs is 1. The van der Waals surface area contributed by atoms with E-state index < -0.39 is 0 Å². The van der Waals surface area contributed by atoms with Crippen molar-refractivity contribution >= 4 is 16.9 Å². The number of allylic oxidation sites excluding steroid dienone is 2. The Morgan fingerprint density at radius 1 is 0.923 bits per heavy atom. The lowest BCUT2D eigenvalue weighted by molar-refractivity contribution is 0.0887. The SMILES string of the molecule is CCCCCCCCCC/C=C/CCCC(=O)n1nnc2ccccc21. The minimum Gasteiger partial charge on any atom is -0.273 e. The van der Waals surface area contributed by atoms with Crippen LogP contribution in [0.3, 0.4) is 0 Å². The van der Waals surface area contributed by atoms with E-state index in [1.54, 1.807) is 0 Å². The Labute approximate surface area is 157 Å². The molecule has 26 heavy (non-hydrogen) atoms. The fourth-order valence-corrected chi connectivity index (χ4v) is 3.16. The molecule has 0 fully saturated rings. The average Bonchev–Trinajstić information content (AvgIpc) is 3.09. The van der Waals surface area contributed by atoms with Crippen molar-refractivity contribution in [3.05, 3.63) is 36.4 Å². The third-order valence-corrected chi connectivity index (χ3v) is 4.74. The number of hydrogen-bond donors (Lipinski definition) is 0. The molecule has 0 N–H and O–H groups in total. The van der Waals surface area contributed by atoms with Crippen LogP contribution in [0.25, 0.3) is 11.0 Å². The second kappa shape index (κ2) is 12.4. The Kier molecular flexibility index (Phi) is 9.70. The van der Waals surface area contributed by atoms with Crippen LogP contribution in [0.15, 0.2) is 36.4 Å². The molecule has 1 heterocycles. The van der Waals surface area contributed by atoms with E-state index in [1.807, 2.05) is 24.3 Å². The molecule has 0 aliphatic carbocycles. The quantitative estimate of drug-likeness (QED) is 0.311. The van der Waals surface area contributed by atoms with Crippen molar-refractivity contribution in [1.29, 1.82) is 0 Å². The molecular weight excluding hydrogens is 322 g/mol. The third-order valence-electron chi connectivity index (χ3n) is 4.74. The first-order valence-electron chi connectivity index (χ1n) is 10.3. The minimum atomic E-state index is 0.0233. The number of hydrogen-bond acceptors (Lipinski definition) is 3. The monoisotopic (exact) mass is 355 g/mol. The largest absolute Gasteiger partial charge is 0.273 e. The number of benzene rings is 1. The fraction of sp³-hybridized carbons (Fsp3) is 0.591. The molecule has 0 aliphatic rings. The van der Waals surface area contributed by atoms with Gasteiger partial charge in [0.25, 0.3) is 0 Å². The topological polar surface area (TPSA) is 47.8 Å². The predicted octanol–water partition coefficient (Wildman–Crippen LogP) is 6.33. The summed E-state index contributed by atoms with van der Waals surface area (Å²) >= 11 is 0. The van der Waals surface area contributed by atoms with Crippen LogP contribution in [-0.4, -0.2) is 20.9 Å². The second-order valence-electron chi connectivity index (χ2n) is 7.01. The molecule has 0 aliphatic heterocycles. The summed E-state index contributed by atoms with van der Waals surface area (Å²) in [5, 5.41) is 8.01.